The van der Waals surface area contributed by atoms with Crippen LogP contribution < -0.4 is 20.1 Å². The van der Waals surface area contributed by atoms with Crippen LogP contribution in [0.2, 0.25) is 0 Å². The fourth-order valence-electron chi connectivity index (χ4n) is 3.43. The van der Waals surface area contributed by atoms with E-state index in [1.54, 1.807) is 24.3 Å². The van der Waals surface area contributed by atoms with Crippen LogP contribution in [-0.2, 0) is 11.3 Å². The average molecular weight is 489 g/mol. The number of methoxy groups -OCH3 is 2. The highest BCUT2D eigenvalue weighted by Crippen LogP contribution is 2.26. The molecule has 0 aliphatic rings. The van der Waals surface area contributed by atoms with Gasteiger partial charge in [0.25, 0.3) is 0 Å². The van der Waals surface area contributed by atoms with Crippen LogP contribution in [0.15, 0.2) is 77.6 Å². The van der Waals surface area contributed by atoms with E-state index in [1.807, 2.05) is 30.3 Å². The minimum Gasteiger partial charge on any atom is -0.496 e. The molecule has 1 amide bonds. The first-order valence-corrected chi connectivity index (χ1v) is 10.8. The molecule has 1 heterocycles. The Bertz CT molecular complexity index is 1450. The van der Waals surface area contributed by atoms with Gasteiger partial charge < -0.3 is 14.2 Å². The molecule has 0 saturated heterocycles. The van der Waals surface area contributed by atoms with E-state index in [2.05, 4.69) is 10.4 Å². The number of hydrogen-bond acceptors (Lipinski definition) is 8. The number of rotatable bonds is 7. The standard InChI is InChI=1S/C25H23N5O6/c1-28(24(32)30-25(33)29(26-27-30)20-11-7-8-12-21(20)34-2)18-13-14-19(22(15-18)35-3)23(31)36-16-17-9-5-4-6-10-17/h4-15H,16H2,1-3H3. The SMILES string of the molecule is COc1cc(N(C)C(=O)n2nnn(-c3ccccc3OC)c2=O)ccc1C(=O)OCc1ccccc1. The van der Waals surface area contributed by atoms with Crippen molar-refractivity contribution in [1.82, 2.24) is 19.8 Å². The second-order valence-corrected chi connectivity index (χ2v) is 7.54. The minimum atomic E-state index is -0.774. The van der Waals surface area contributed by atoms with Gasteiger partial charge in [-0.1, -0.05) is 42.5 Å². The highest BCUT2D eigenvalue weighted by atomic mass is 16.5. The quantitative estimate of drug-likeness (QED) is 0.287. The largest absolute Gasteiger partial charge is 0.496 e. The molecule has 3 aromatic carbocycles. The smallest absolute Gasteiger partial charge is 0.377 e. The first kappa shape index (κ1) is 24.2. The van der Waals surface area contributed by atoms with E-state index >= 15 is 0 Å². The molecule has 4 rings (SSSR count). The number of ether oxygens (including phenoxy) is 3. The van der Waals surface area contributed by atoms with E-state index in [9.17, 15) is 14.4 Å². The number of aromatic nitrogens is 4. The molecule has 0 N–H and O–H groups in total. The fourth-order valence-corrected chi connectivity index (χ4v) is 3.43. The minimum absolute atomic E-state index is 0.105. The summed E-state index contributed by atoms with van der Waals surface area (Å²) in [6.07, 6.45) is 0. The molecule has 0 bridgehead atoms. The van der Waals surface area contributed by atoms with Crippen LogP contribution in [-0.4, -0.2) is 53.1 Å². The maximum absolute atomic E-state index is 13.1. The fraction of sp³-hybridized carbons (Fsp3) is 0.160. The molecule has 0 fully saturated rings. The average Bonchev–Trinajstić information content (AvgIpc) is 3.31. The van der Waals surface area contributed by atoms with Gasteiger partial charge in [0, 0.05) is 18.8 Å². The Morgan fingerprint density at radius 3 is 2.31 bits per heavy atom. The Kier molecular flexibility index (Phi) is 7.10. The second-order valence-electron chi connectivity index (χ2n) is 7.54. The van der Waals surface area contributed by atoms with Crippen molar-refractivity contribution in [2.45, 2.75) is 6.61 Å². The van der Waals surface area contributed by atoms with Crippen molar-refractivity contribution >= 4 is 17.7 Å². The van der Waals surface area contributed by atoms with E-state index in [0.29, 0.717) is 21.8 Å². The van der Waals surface area contributed by atoms with E-state index in [-0.39, 0.29) is 17.9 Å². The predicted molar refractivity (Wildman–Crippen MR) is 130 cm³/mol. The van der Waals surface area contributed by atoms with Crippen LogP contribution in [0.25, 0.3) is 5.69 Å². The Balaban J connectivity index is 1.55. The Morgan fingerprint density at radius 1 is 0.889 bits per heavy atom. The Labute approximate surface area is 206 Å². The van der Waals surface area contributed by atoms with Crippen LogP contribution in [0.4, 0.5) is 10.5 Å². The molecule has 1 aromatic heterocycles. The van der Waals surface area contributed by atoms with Gasteiger partial charge in [0.05, 0.1) is 14.2 Å². The molecule has 184 valence electrons. The van der Waals surface area contributed by atoms with Gasteiger partial charge in [-0.15, -0.1) is 4.68 Å². The second kappa shape index (κ2) is 10.6. The predicted octanol–water partition coefficient (Wildman–Crippen LogP) is 2.91. The van der Waals surface area contributed by atoms with Crippen molar-refractivity contribution < 1.29 is 23.8 Å². The molecule has 0 unspecified atom stereocenters. The van der Waals surface area contributed by atoms with Crippen molar-refractivity contribution in [2.75, 3.05) is 26.2 Å². The molecule has 0 radical (unpaired) electrons. The summed E-state index contributed by atoms with van der Waals surface area (Å²) in [4.78, 5) is 39.7. The van der Waals surface area contributed by atoms with Gasteiger partial charge in [-0.05, 0) is 40.3 Å². The van der Waals surface area contributed by atoms with E-state index in [0.717, 1.165) is 10.2 Å². The van der Waals surface area contributed by atoms with Gasteiger partial charge in [-0.25, -0.2) is 14.4 Å². The van der Waals surface area contributed by atoms with Gasteiger partial charge in [0.2, 0.25) is 0 Å². The van der Waals surface area contributed by atoms with Crippen LogP contribution in [0.3, 0.4) is 0 Å². The molecule has 11 nitrogen and oxygen atoms in total. The zero-order valence-electron chi connectivity index (χ0n) is 19.8. The number of carbonyl (C=O) groups excluding carboxylic acids is 2. The number of nitrogens with zero attached hydrogens (tertiary/aromatic N) is 5. The van der Waals surface area contributed by atoms with E-state index < -0.39 is 17.7 Å². The summed E-state index contributed by atoms with van der Waals surface area (Å²) >= 11 is 0. The Hall–Kier alpha value is -4.93. The maximum atomic E-state index is 13.1. The van der Waals surface area contributed by atoms with E-state index in [1.165, 1.54) is 44.4 Å². The summed E-state index contributed by atoms with van der Waals surface area (Å²) in [7, 11) is 4.32. The van der Waals surface area contributed by atoms with Gasteiger partial charge in [0.1, 0.15) is 29.4 Å². The number of benzene rings is 3. The molecule has 0 aliphatic carbocycles. The first-order chi connectivity index (χ1) is 17.4. The van der Waals surface area contributed by atoms with Crippen molar-refractivity contribution in [3.8, 4) is 17.2 Å². The molecule has 0 spiro atoms. The van der Waals surface area contributed by atoms with Crippen molar-refractivity contribution in [3.63, 3.8) is 0 Å². The lowest BCUT2D eigenvalue weighted by molar-refractivity contribution is 0.0469. The molecular weight excluding hydrogens is 466 g/mol. The van der Waals surface area contributed by atoms with Crippen molar-refractivity contribution in [2.24, 2.45) is 0 Å². The summed E-state index contributed by atoms with van der Waals surface area (Å²) in [5.41, 5.74) is 0.960. The van der Waals surface area contributed by atoms with Gasteiger partial charge in [-0.3, -0.25) is 4.90 Å². The summed E-state index contributed by atoms with van der Waals surface area (Å²) < 4.78 is 17.6. The summed E-state index contributed by atoms with van der Waals surface area (Å²) in [5, 5.41) is 7.53. The monoisotopic (exact) mass is 489 g/mol. The molecular formula is C25H23N5O6. The number of carbonyl (C=O) groups is 2. The molecule has 0 aliphatic heterocycles. The lowest BCUT2D eigenvalue weighted by Gasteiger charge is -2.18. The number of amides is 1. The van der Waals surface area contributed by atoms with Gasteiger partial charge in [0.15, 0.2) is 0 Å². The zero-order chi connectivity index (χ0) is 25.7. The third kappa shape index (κ3) is 4.80. The topological polar surface area (TPSA) is 118 Å². The summed E-state index contributed by atoms with van der Waals surface area (Å²) in [6, 6.07) is 19.8. The third-order valence-corrected chi connectivity index (χ3v) is 5.37. The number of anilines is 1. The third-order valence-electron chi connectivity index (χ3n) is 5.37. The highest BCUT2D eigenvalue weighted by Gasteiger charge is 2.23. The van der Waals surface area contributed by atoms with Crippen LogP contribution >= 0.6 is 0 Å². The van der Waals surface area contributed by atoms with Crippen molar-refractivity contribution in [1.29, 1.82) is 0 Å². The summed E-state index contributed by atoms with van der Waals surface area (Å²) in [6.45, 7) is 0.105. The number of tetrazole rings is 1. The number of para-hydroxylation sites is 2. The lowest BCUT2D eigenvalue weighted by Crippen LogP contribution is -2.39. The van der Waals surface area contributed by atoms with Crippen LogP contribution in [0, 0.1) is 0 Å². The number of esters is 1. The van der Waals surface area contributed by atoms with Crippen molar-refractivity contribution in [3.05, 3.63) is 94.4 Å². The molecule has 4 aromatic rings. The molecule has 0 saturated carbocycles. The Morgan fingerprint density at radius 2 is 1.58 bits per heavy atom. The van der Waals surface area contributed by atoms with E-state index in [4.69, 9.17) is 14.2 Å². The molecule has 0 atom stereocenters. The molecule has 36 heavy (non-hydrogen) atoms. The molecule has 11 heteroatoms. The van der Waals surface area contributed by atoms with Crippen LogP contribution in [0.5, 0.6) is 11.5 Å². The van der Waals surface area contributed by atoms with Gasteiger partial charge >= 0.3 is 17.7 Å². The maximum Gasteiger partial charge on any atom is 0.377 e. The normalized spacial score (nSPS) is 10.5. The van der Waals surface area contributed by atoms with Crippen LogP contribution in [0.1, 0.15) is 15.9 Å². The number of hydrogen-bond donors (Lipinski definition) is 0. The highest BCUT2D eigenvalue weighted by molar-refractivity contribution is 5.96. The van der Waals surface area contributed by atoms with Gasteiger partial charge in [-0.2, -0.15) is 4.68 Å². The first-order valence-electron chi connectivity index (χ1n) is 10.8. The summed E-state index contributed by atoms with van der Waals surface area (Å²) in [5.74, 6) is 0.0226. The lowest BCUT2D eigenvalue weighted by atomic mass is 10.1. The zero-order valence-corrected chi connectivity index (χ0v) is 19.8.